The summed E-state index contributed by atoms with van der Waals surface area (Å²) in [6.45, 7) is 5.76. The lowest BCUT2D eigenvalue weighted by atomic mass is 9.80. The number of carboxylic acid groups (broad SMARTS) is 1. The van der Waals surface area contributed by atoms with Crippen LogP contribution in [0.5, 0.6) is 0 Å². The first-order valence-electron chi connectivity index (χ1n) is 11.8. The lowest BCUT2D eigenvalue weighted by molar-refractivity contribution is -0.149. The van der Waals surface area contributed by atoms with Crippen LogP contribution in [0.4, 0.5) is 24.8 Å². The minimum atomic E-state index is -4.70. The van der Waals surface area contributed by atoms with Crippen molar-refractivity contribution in [2.24, 2.45) is 5.41 Å². The van der Waals surface area contributed by atoms with Crippen molar-refractivity contribution in [3.05, 3.63) is 65.2 Å². The number of anilines is 2. The van der Waals surface area contributed by atoms with Gasteiger partial charge in [-0.3, -0.25) is 9.52 Å². The summed E-state index contributed by atoms with van der Waals surface area (Å²) < 4.78 is 70.0. The maximum atomic E-state index is 13.8. The number of alkyl halides is 3. The highest BCUT2D eigenvalue weighted by Gasteiger charge is 2.38. The van der Waals surface area contributed by atoms with Gasteiger partial charge in [-0.25, -0.2) is 9.97 Å². The number of aromatic nitrogens is 2. The number of nitrogens with zero attached hydrogens (tertiary/aromatic N) is 3. The van der Waals surface area contributed by atoms with Gasteiger partial charge in [-0.15, -0.1) is 0 Å². The van der Waals surface area contributed by atoms with Crippen molar-refractivity contribution < 1.29 is 31.5 Å². The minimum Gasteiger partial charge on any atom is -0.481 e. The van der Waals surface area contributed by atoms with Crippen LogP contribution in [0.1, 0.15) is 36.5 Å². The van der Waals surface area contributed by atoms with Crippen LogP contribution >= 0.6 is 0 Å². The van der Waals surface area contributed by atoms with Crippen LogP contribution in [0.25, 0.3) is 11.3 Å². The lowest BCUT2D eigenvalue weighted by Crippen LogP contribution is -2.43. The summed E-state index contributed by atoms with van der Waals surface area (Å²) in [5.74, 6) is -0.801. The molecule has 0 unspecified atom stereocenters. The molecule has 2 aromatic heterocycles. The van der Waals surface area contributed by atoms with Crippen LogP contribution < -0.4 is 9.62 Å². The summed E-state index contributed by atoms with van der Waals surface area (Å²) in [6.07, 6.45) is -3.96. The number of carbonyl (C=O) groups is 1. The standard InChI is InChI=1S/C26H27F3N4O4S/c1-16-6-4-7-17(2)22(16)23-18(26(27,28)29)10-11-19(30-23)32-38(36,37)21-9-5-8-20(31-21)33-14-12-25(3,13-15-33)24(34)35/h4-11H,12-15H2,1-3H3,(H,30,32)(H,34,35). The van der Waals surface area contributed by atoms with E-state index in [9.17, 15) is 31.5 Å². The Labute approximate surface area is 218 Å². The van der Waals surface area contributed by atoms with Crippen LogP contribution in [-0.4, -0.2) is 42.6 Å². The van der Waals surface area contributed by atoms with Gasteiger partial charge in [0.1, 0.15) is 11.6 Å². The molecule has 0 aliphatic carbocycles. The fraction of sp³-hybridized carbons (Fsp3) is 0.346. The number of benzene rings is 1. The first-order valence-corrected chi connectivity index (χ1v) is 13.3. The zero-order valence-corrected chi connectivity index (χ0v) is 21.8. The topological polar surface area (TPSA) is 112 Å². The number of hydrogen-bond acceptors (Lipinski definition) is 6. The molecule has 1 saturated heterocycles. The molecule has 0 spiro atoms. The zero-order chi connectivity index (χ0) is 27.9. The highest BCUT2D eigenvalue weighted by atomic mass is 32.2. The third kappa shape index (κ3) is 5.45. The summed E-state index contributed by atoms with van der Waals surface area (Å²) in [4.78, 5) is 21.6. The second-order valence-corrected chi connectivity index (χ2v) is 11.3. The number of sulfonamides is 1. The molecule has 0 saturated carbocycles. The van der Waals surface area contributed by atoms with Crippen molar-refractivity contribution in [1.29, 1.82) is 0 Å². The Morgan fingerprint density at radius 3 is 2.18 bits per heavy atom. The van der Waals surface area contributed by atoms with E-state index >= 15 is 0 Å². The Kier molecular flexibility index (Phi) is 7.13. The van der Waals surface area contributed by atoms with Gasteiger partial charge in [0.25, 0.3) is 10.0 Å². The predicted octanol–water partition coefficient (Wildman–Crippen LogP) is 5.27. The summed E-state index contributed by atoms with van der Waals surface area (Å²) in [5.41, 5.74) is -0.792. The number of aryl methyl sites for hydroxylation is 2. The summed E-state index contributed by atoms with van der Waals surface area (Å²) in [7, 11) is -4.30. The van der Waals surface area contributed by atoms with E-state index < -0.39 is 33.1 Å². The number of nitrogens with one attached hydrogen (secondary N) is 1. The van der Waals surface area contributed by atoms with Crippen molar-refractivity contribution in [2.75, 3.05) is 22.7 Å². The molecule has 202 valence electrons. The quantitative estimate of drug-likeness (QED) is 0.432. The van der Waals surface area contributed by atoms with Gasteiger partial charge < -0.3 is 10.0 Å². The van der Waals surface area contributed by atoms with E-state index in [1.165, 1.54) is 12.1 Å². The summed E-state index contributed by atoms with van der Waals surface area (Å²) >= 11 is 0. The van der Waals surface area contributed by atoms with Gasteiger partial charge in [0.15, 0.2) is 5.03 Å². The number of pyridine rings is 2. The molecule has 0 amide bonds. The van der Waals surface area contributed by atoms with Gasteiger partial charge in [0, 0.05) is 18.7 Å². The number of halogens is 3. The third-order valence-corrected chi connectivity index (χ3v) is 8.10. The smallest absolute Gasteiger partial charge is 0.418 e. The zero-order valence-electron chi connectivity index (χ0n) is 21.0. The van der Waals surface area contributed by atoms with Crippen molar-refractivity contribution in [3.8, 4) is 11.3 Å². The molecule has 4 rings (SSSR count). The first-order chi connectivity index (χ1) is 17.7. The second kappa shape index (κ2) is 9.90. The Morgan fingerprint density at radius 1 is 1.00 bits per heavy atom. The van der Waals surface area contributed by atoms with Gasteiger partial charge in [0.05, 0.1) is 16.7 Å². The van der Waals surface area contributed by atoms with E-state index in [2.05, 4.69) is 14.7 Å². The van der Waals surface area contributed by atoms with Crippen molar-refractivity contribution >= 4 is 27.6 Å². The highest BCUT2D eigenvalue weighted by Crippen LogP contribution is 2.39. The molecule has 1 aliphatic heterocycles. The Hall–Kier alpha value is -3.67. The van der Waals surface area contributed by atoms with Crippen molar-refractivity contribution in [3.63, 3.8) is 0 Å². The molecular weight excluding hydrogens is 521 g/mol. The predicted molar refractivity (Wildman–Crippen MR) is 136 cm³/mol. The monoisotopic (exact) mass is 548 g/mol. The summed E-state index contributed by atoms with van der Waals surface area (Å²) in [6, 6.07) is 11.2. The van der Waals surface area contributed by atoms with Crippen molar-refractivity contribution in [2.45, 2.75) is 44.8 Å². The second-order valence-electron chi connectivity index (χ2n) is 9.65. The lowest BCUT2D eigenvalue weighted by Gasteiger charge is -2.37. The Morgan fingerprint density at radius 2 is 1.61 bits per heavy atom. The number of aliphatic carboxylic acids is 1. The molecule has 12 heteroatoms. The van der Waals surface area contributed by atoms with E-state index in [4.69, 9.17) is 0 Å². The third-order valence-electron chi connectivity index (χ3n) is 6.85. The Balaban J connectivity index is 1.65. The number of carboxylic acids is 1. The van der Waals surface area contributed by atoms with Crippen LogP contribution in [0.2, 0.25) is 0 Å². The maximum Gasteiger partial charge on any atom is 0.418 e. The number of piperidine rings is 1. The average molecular weight is 549 g/mol. The normalized spacial score (nSPS) is 15.8. The Bertz CT molecular complexity index is 1460. The van der Waals surface area contributed by atoms with Gasteiger partial charge in [-0.1, -0.05) is 24.3 Å². The molecule has 38 heavy (non-hydrogen) atoms. The minimum absolute atomic E-state index is 0.277. The van der Waals surface area contributed by atoms with Crippen LogP contribution in [0.3, 0.4) is 0 Å². The van der Waals surface area contributed by atoms with E-state index in [0.717, 1.165) is 12.1 Å². The average Bonchev–Trinajstić information content (AvgIpc) is 2.83. The fourth-order valence-electron chi connectivity index (χ4n) is 4.49. The fourth-order valence-corrected chi connectivity index (χ4v) is 5.45. The number of rotatable bonds is 6. The molecule has 2 N–H and O–H groups in total. The molecule has 0 radical (unpaired) electrons. The maximum absolute atomic E-state index is 13.8. The molecule has 1 fully saturated rings. The SMILES string of the molecule is Cc1cccc(C)c1-c1nc(NS(=O)(=O)c2cccc(N3CCC(C)(C(=O)O)CC3)n2)ccc1C(F)(F)F. The number of hydrogen-bond donors (Lipinski definition) is 2. The van der Waals surface area contributed by atoms with E-state index in [1.54, 1.807) is 49.9 Å². The van der Waals surface area contributed by atoms with Crippen molar-refractivity contribution in [1.82, 2.24) is 9.97 Å². The van der Waals surface area contributed by atoms with E-state index in [-0.39, 0.29) is 22.1 Å². The molecule has 8 nitrogen and oxygen atoms in total. The highest BCUT2D eigenvalue weighted by molar-refractivity contribution is 7.92. The molecule has 3 heterocycles. The van der Waals surface area contributed by atoms with Crippen LogP contribution in [0, 0.1) is 19.3 Å². The largest absolute Gasteiger partial charge is 0.481 e. The summed E-state index contributed by atoms with van der Waals surface area (Å²) in [5, 5.41) is 9.10. The van der Waals surface area contributed by atoms with Gasteiger partial charge in [-0.2, -0.15) is 21.6 Å². The first kappa shape index (κ1) is 27.4. The molecule has 1 aromatic carbocycles. The van der Waals surface area contributed by atoms with Crippen LogP contribution in [-0.2, 0) is 21.0 Å². The van der Waals surface area contributed by atoms with E-state index in [1.807, 2.05) is 0 Å². The van der Waals surface area contributed by atoms with E-state index in [0.29, 0.717) is 42.9 Å². The molecule has 0 bridgehead atoms. The molecule has 0 atom stereocenters. The van der Waals surface area contributed by atoms with Gasteiger partial charge in [0.2, 0.25) is 0 Å². The van der Waals surface area contributed by atoms with Gasteiger partial charge in [-0.05, 0) is 69.0 Å². The molecular formula is C26H27F3N4O4S. The molecule has 3 aromatic rings. The van der Waals surface area contributed by atoms with Gasteiger partial charge >= 0.3 is 12.1 Å². The van der Waals surface area contributed by atoms with Crippen LogP contribution in [0.15, 0.2) is 53.6 Å². The molecule has 1 aliphatic rings.